The van der Waals surface area contributed by atoms with Crippen LogP contribution in [0, 0.1) is 5.82 Å². The second kappa shape index (κ2) is 4.97. The molecule has 0 saturated carbocycles. The van der Waals surface area contributed by atoms with E-state index in [1.165, 1.54) is 12.1 Å². The zero-order valence-corrected chi connectivity index (χ0v) is 9.45. The molecule has 86 valence electrons. The van der Waals surface area contributed by atoms with E-state index in [2.05, 4.69) is 0 Å². The summed E-state index contributed by atoms with van der Waals surface area (Å²) in [5.74, 6) is 0.0275. The molecule has 0 bridgehead atoms. The molecule has 0 fully saturated rings. The minimum Gasteiger partial charge on any atom is -0.414 e. The molecule has 0 aliphatic rings. The van der Waals surface area contributed by atoms with Crippen LogP contribution < -0.4 is 4.74 Å². The third kappa shape index (κ3) is 2.82. The van der Waals surface area contributed by atoms with Crippen LogP contribution >= 0.6 is 11.6 Å². The zero-order valence-electron chi connectivity index (χ0n) is 8.69. The minimum absolute atomic E-state index is 0.319. The van der Waals surface area contributed by atoms with Crippen LogP contribution in [-0.2, 0) is 0 Å². The first-order chi connectivity index (χ1) is 8.16. The summed E-state index contributed by atoms with van der Waals surface area (Å²) >= 11 is 5.18. The van der Waals surface area contributed by atoms with Crippen molar-refractivity contribution < 1.29 is 13.9 Å². The number of benzene rings is 2. The zero-order chi connectivity index (χ0) is 12.3. The van der Waals surface area contributed by atoms with E-state index in [0.717, 1.165) is 5.56 Å². The van der Waals surface area contributed by atoms with Gasteiger partial charge in [0.15, 0.2) is 0 Å². The Bertz CT molecular complexity index is 537. The molecule has 0 atom stereocenters. The maximum atomic E-state index is 12.8. The van der Waals surface area contributed by atoms with Crippen molar-refractivity contribution in [3.05, 3.63) is 54.3 Å². The first kappa shape index (κ1) is 11.6. The van der Waals surface area contributed by atoms with Gasteiger partial charge in [-0.05, 0) is 23.8 Å². The monoisotopic (exact) mass is 250 g/mol. The van der Waals surface area contributed by atoms with Gasteiger partial charge in [0, 0.05) is 17.2 Å². The number of carbonyl (C=O) groups excluding carboxylic acids is 1. The Morgan fingerprint density at radius 2 is 1.71 bits per heavy atom. The van der Waals surface area contributed by atoms with Gasteiger partial charge < -0.3 is 4.74 Å². The van der Waals surface area contributed by atoms with Gasteiger partial charge in [0.05, 0.1) is 0 Å². The van der Waals surface area contributed by atoms with Gasteiger partial charge in [0.25, 0.3) is 0 Å². The smallest absolute Gasteiger partial charge is 0.409 e. The van der Waals surface area contributed by atoms with Crippen molar-refractivity contribution in [2.24, 2.45) is 0 Å². The predicted molar refractivity (Wildman–Crippen MR) is 63.7 cm³/mol. The molecule has 0 saturated heterocycles. The molecule has 0 amide bonds. The summed E-state index contributed by atoms with van der Waals surface area (Å²) in [4.78, 5) is 10.7. The topological polar surface area (TPSA) is 26.3 Å². The molecule has 4 heteroatoms. The van der Waals surface area contributed by atoms with Crippen molar-refractivity contribution in [2.75, 3.05) is 0 Å². The highest BCUT2D eigenvalue weighted by Crippen LogP contribution is 2.30. The summed E-state index contributed by atoms with van der Waals surface area (Å²) in [6.45, 7) is 0. The van der Waals surface area contributed by atoms with E-state index in [0.29, 0.717) is 11.3 Å². The van der Waals surface area contributed by atoms with Crippen LogP contribution in [0.3, 0.4) is 0 Å². The van der Waals surface area contributed by atoms with Crippen molar-refractivity contribution in [2.45, 2.75) is 0 Å². The van der Waals surface area contributed by atoms with Crippen LogP contribution in [0.5, 0.6) is 5.75 Å². The molecule has 0 spiro atoms. The quantitative estimate of drug-likeness (QED) is 0.746. The maximum absolute atomic E-state index is 12.8. The number of carbonyl (C=O) groups is 1. The van der Waals surface area contributed by atoms with E-state index in [-0.39, 0.29) is 5.82 Å². The minimum atomic E-state index is -0.903. The van der Waals surface area contributed by atoms with E-state index in [1.54, 1.807) is 36.4 Å². The lowest BCUT2D eigenvalue weighted by atomic mass is 10.0. The Morgan fingerprint density at radius 3 is 2.35 bits per heavy atom. The van der Waals surface area contributed by atoms with E-state index in [4.69, 9.17) is 16.3 Å². The number of para-hydroxylation sites is 1. The third-order valence-corrected chi connectivity index (χ3v) is 2.31. The molecule has 2 nitrogen and oxygen atoms in total. The van der Waals surface area contributed by atoms with Gasteiger partial charge in [-0.25, -0.2) is 9.18 Å². The van der Waals surface area contributed by atoms with Gasteiger partial charge in [0.1, 0.15) is 11.6 Å². The van der Waals surface area contributed by atoms with Crippen molar-refractivity contribution in [3.8, 4) is 16.9 Å². The first-order valence-electron chi connectivity index (χ1n) is 4.89. The lowest BCUT2D eigenvalue weighted by Crippen LogP contribution is -1.97. The Labute approximate surface area is 103 Å². The molecule has 17 heavy (non-hydrogen) atoms. The average molecular weight is 251 g/mol. The highest BCUT2D eigenvalue weighted by molar-refractivity contribution is 6.61. The summed E-state index contributed by atoms with van der Waals surface area (Å²) in [7, 11) is 0. The highest BCUT2D eigenvalue weighted by atomic mass is 35.5. The molecule has 0 N–H and O–H groups in total. The second-order valence-electron chi connectivity index (χ2n) is 3.34. The molecule has 0 unspecified atom stereocenters. The van der Waals surface area contributed by atoms with Crippen molar-refractivity contribution in [1.29, 1.82) is 0 Å². The molecule has 0 aliphatic heterocycles. The van der Waals surface area contributed by atoms with E-state index in [1.807, 2.05) is 0 Å². The summed E-state index contributed by atoms with van der Waals surface area (Å²) in [6, 6.07) is 12.8. The van der Waals surface area contributed by atoms with Crippen LogP contribution in [0.4, 0.5) is 9.18 Å². The van der Waals surface area contributed by atoms with Crippen LogP contribution in [0.15, 0.2) is 48.5 Å². The summed E-state index contributed by atoms with van der Waals surface area (Å²) < 4.78 is 17.7. The van der Waals surface area contributed by atoms with Gasteiger partial charge >= 0.3 is 5.43 Å². The molecule has 0 radical (unpaired) electrons. The van der Waals surface area contributed by atoms with Crippen LogP contribution in [0.2, 0.25) is 0 Å². The van der Waals surface area contributed by atoms with Gasteiger partial charge in [0.2, 0.25) is 0 Å². The van der Waals surface area contributed by atoms with Crippen LogP contribution in [0.25, 0.3) is 11.1 Å². The number of hydrogen-bond acceptors (Lipinski definition) is 2. The Hall–Kier alpha value is -1.87. The van der Waals surface area contributed by atoms with Gasteiger partial charge in [-0.1, -0.05) is 30.3 Å². The molecule has 2 rings (SSSR count). The second-order valence-corrected chi connectivity index (χ2v) is 3.65. The van der Waals surface area contributed by atoms with E-state index < -0.39 is 5.43 Å². The fourth-order valence-electron chi connectivity index (χ4n) is 1.51. The summed E-state index contributed by atoms with van der Waals surface area (Å²) in [5, 5.41) is 0. The number of ether oxygens (including phenoxy) is 1. The van der Waals surface area contributed by atoms with Crippen LogP contribution in [0.1, 0.15) is 0 Å². The van der Waals surface area contributed by atoms with Gasteiger partial charge in [-0.3, -0.25) is 0 Å². The molecule has 0 heterocycles. The molecule has 0 aliphatic carbocycles. The van der Waals surface area contributed by atoms with Gasteiger partial charge in [-0.2, -0.15) is 0 Å². The lowest BCUT2D eigenvalue weighted by Gasteiger charge is -2.07. The van der Waals surface area contributed by atoms with E-state index in [9.17, 15) is 9.18 Å². The molecular formula is C13H8ClFO2. The molecule has 2 aromatic rings. The van der Waals surface area contributed by atoms with Crippen molar-refractivity contribution in [1.82, 2.24) is 0 Å². The standard InChI is InChI=1S/C13H8ClFO2/c14-13(16)17-12-4-2-1-3-11(12)9-5-7-10(15)8-6-9/h1-8H. The summed E-state index contributed by atoms with van der Waals surface area (Å²) in [6.07, 6.45) is 0. The number of hydrogen-bond donors (Lipinski definition) is 0. The maximum Gasteiger partial charge on any atom is 0.409 e. The largest absolute Gasteiger partial charge is 0.414 e. The average Bonchev–Trinajstić information content (AvgIpc) is 2.30. The fourth-order valence-corrected chi connectivity index (χ4v) is 1.59. The first-order valence-corrected chi connectivity index (χ1v) is 5.27. The summed E-state index contributed by atoms with van der Waals surface area (Å²) in [5.41, 5.74) is 0.529. The van der Waals surface area contributed by atoms with Crippen molar-refractivity contribution in [3.63, 3.8) is 0 Å². The fraction of sp³-hybridized carbons (Fsp3) is 0. The Balaban J connectivity index is 2.44. The van der Waals surface area contributed by atoms with E-state index >= 15 is 0 Å². The van der Waals surface area contributed by atoms with Gasteiger partial charge in [-0.15, -0.1) is 0 Å². The third-order valence-electron chi connectivity index (χ3n) is 2.23. The highest BCUT2D eigenvalue weighted by Gasteiger charge is 2.08. The molecule has 2 aromatic carbocycles. The Morgan fingerprint density at radius 1 is 1.06 bits per heavy atom. The molecule has 0 aromatic heterocycles. The molecular weight excluding hydrogens is 243 g/mol. The lowest BCUT2D eigenvalue weighted by molar-refractivity contribution is 0.226. The SMILES string of the molecule is O=C(Cl)Oc1ccccc1-c1ccc(F)cc1. The number of rotatable bonds is 2. The Kier molecular flexibility index (Phi) is 3.40. The predicted octanol–water partition coefficient (Wildman–Crippen LogP) is 4.23. The number of halogens is 2. The van der Waals surface area contributed by atoms with Crippen LogP contribution in [-0.4, -0.2) is 5.43 Å². The van der Waals surface area contributed by atoms with Crippen molar-refractivity contribution >= 4 is 17.0 Å². The normalized spacial score (nSPS) is 10.0.